The second kappa shape index (κ2) is 6.06. The van der Waals surface area contributed by atoms with Gasteiger partial charge in [0.2, 0.25) is 0 Å². The highest BCUT2D eigenvalue weighted by atomic mass is 16.4. The molecule has 0 saturated heterocycles. The zero-order chi connectivity index (χ0) is 13.8. The maximum atomic E-state index is 10.9. The van der Waals surface area contributed by atoms with Gasteiger partial charge in [0, 0.05) is 12.1 Å². The van der Waals surface area contributed by atoms with E-state index in [0.29, 0.717) is 6.04 Å². The lowest BCUT2D eigenvalue weighted by molar-refractivity contribution is -0.139. The Morgan fingerprint density at radius 3 is 2.53 bits per heavy atom. The Morgan fingerprint density at radius 1 is 1.37 bits per heavy atom. The van der Waals surface area contributed by atoms with Crippen LogP contribution in [0.2, 0.25) is 0 Å². The van der Waals surface area contributed by atoms with E-state index in [0.717, 1.165) is 25.7 Å². The van der Waals surface area contributed by atoms with Gasteiger partial charge in [0.25, 0.3) is 0 Å². The van der Waals surface area contributed by atoms with Gasteiger partial charge in [0.15, 0.2) is 0 Å². The minimum Gasteiger partial charge on any atom is -0.508 e. The Hall–Kier alpha value is -1.55. The van der Waals surface area contributed by atoms with Crippen molar-refractivity contribution < 1.29 is 15.0 Å². The Labute approximate surface area is 113 Å². The largest absolute Gasteiger partial charge is 0.508 e. The first-order chi connectivity index (χ1) is 9.06. The molecule has 104 valence electrons. The highest BCUT2D eigenvalue weighted by Crippen LogP contribution is 2.29. The van der Waals surface area contributed by atoms with E-state index < -0.39 is 5.97 Å². The fourth-order valence-corrected chi connectivity index (χ4v) is 2.41. The van der Waals surface area contributed by atoms with Crippen LogP contribution < -0.4 is 0 Å². The van der Waals surface area contributed by atoms with Crippen LogP contribution in [0.5, 0.6) is 5.75 Å². The fraction of sp³-hybridized carbons (Fsp3) is 0.533. The Balaban J connectivity index is 1.86. The summed E-state index contributed by atoms with van der Waals surface area (Å²) in [6.07, 6.45) is 4.09. The standard InChI is InChI=1S/C15H21NO3/c1-11(16(10-15(18)19)13-6-7-13)2-3-12-4-8-14(17)9-5-12/h4-5,8-9,11,13,17H,2-3,6-7,10H2,1H3,(H,18,19). The van der Waals surface area contributed by atoms with E-state index in [-0.39, 0.29) is 18.3 Å². The minimum absolute atomic E-state index is 0.140. The topological polar surface area (TPSA) is 60.8 Å². The van der Waals surface area contributed by atoms with Gasteiger partial charge >= 0.3 is 5.97 Å². The third kappa shape index (κ3) is 4.24. The van der Waals surface area contributed by atoms with Crippen molar-refractivity contribution in [3.8, 4) is 5.75 Å². The molecule has 1 fully saturated rings. The number of benzene rings is 1. The maximum Gasteiger partial charge on any atom is 0.317 e. The number of aliphatic carboxylic acids is 1. The molecule has 1 aromatic rings. The van der Waals surface area contributed by atoms with E-state index in [2.05, 4.69) is 11.8 Å². The minimum atomic E-state index is -0.747. The normalized spacial score (nSPS) is 16.5. The molecule has 1 aliphatic rings. The summed E-state index contributed by atoms with van der Waals surface area (Å²) in [5, 5.41) is 18.2. The summed E-state index contributed by atoms with van der Waals surface area (Å²) in [6, 6.07) is 7.95. The average Bonchev–Trinajstić information content (AvgIpc) is 3.19. The number of carbonyl (C=O) groups is 1. The van der Waals surface area contributed by atoms with Crippen molar-refractivity contribution in [1.29, 1.82) is 0 Å². The van der Waals surface area contributed by atoms with E-state index in [1.807, 2.05) is 12.1 Å². The quantitative estimate of drug-likeness (QED) is 0.792. The zero-order valence-corrected chi connectivity index (χ0v) is 11.2. The lowest BCUT2D eigenvalue weighted by atomic mass is 10.0. The van der Waals surface area contributed by atoms with Crippen LogP contribution in [0.15, 0.2) is 24.3 Å². The van der Waals surface area contributed by atoms with Crippen molar-refractivity contribution in [2.45, 2.75) is 44.7 Å². The highest BCUT2D eigenvalue weighted by Gasteiger charge is 2.33. The lowest BCUT2D eigenvalue weighted by Crippen LogP contribution is -2.39. The summed E-state index contributed by atoms with van der Waals surface area (Å²) >= 11 is 0. The average molecular weight is 263 g/mol. The first-order valence-corrected chi connectivity index (χ1v) is 6.81. The van der Waals surface area contributed by atoms with Crippen molar-refractivity contribution in [3.05, 3.63) is 29.8 Å². The van der Waals surface area contributed by atoms with E-state index in [9.17, 15) is 9.90 Å². The van der Waals surface area contributed by atoms with Gasteiger partial charge in [-0.2, -0.15) is 0 Å². The first kappa shape index (κ1) is 13.9. The molecular weight excluding hydrogens is 242 g/mol. The monoisotopic (exact) mass is 263 g/mol. The molecule has 1 atom stereocenters. The van der Waals surface area contributed by atoms with Crippen molar-refractivity contribution in [2.24, 2.45) is 0 Å². The summed E-state index contributed by atoms with van der Waals surface area (Å²) in [5.74, 6) is -0.467. The molecule has 0 spiro atoms. The summed E-state index contributed by atoms with van der Waals surface area (Å²) in [6.45, 7) is 2.24. The molecule has 0 aliphatic heterocycles. The number of nitrogens with zero attached hydrogens (tertiary/aromatic N) is 1. The Morgan fingerprint density at radius 2 is 2.00 bits per heavy atom. The van der Waals surface area contributed by atoms with Gasteiger partial charge in [-0.3, -0.25) is 9.69 Å². The first-order valence-electron chi connectivity index (χ1n) is 6.81. The van der Waals surface area contributed by atoms with Gasteiger partial charge in [-0.15, -0.1) is 0 Å². The van der Waals surface area contributed by atoms with Crippen LogP contribution in [0.4, 0.5) is 0 Å². The fourth-order valence-electron chi connectivity index (χ4n) is 2.41. The summed E-state index contributed by atoms with van der Waals surface area (Å²) < 4.78 is 0. The van der Waals surface area contributed by atoms with Crippen LogP contribution in [-0.2, 0) is 11.2 Å². The molecule has 0 radical (unpaired) electrons. The Kier molecular flexibility index (Phi) is 4.43. The molecule has 0 bridgehead atoms. The number of hydrogen-bond acceptors (Lipinski definition) is 3. The van der Waals surface area contributed by atoms with Crippen LogP contribution in [0.3, 0.4) is 0 Å². The number of phenolic OH excluding ortho intramolecular Hbond substituents is 1. The number of aromatic hydroxyl groups is 1. The van der Waals surface area contributed by atoms with Crippen LogP contribution in [0, 0.1) is 0 Å². The number of rotatable bonds is 7. The zero-order valence-electron chi connectivity index (χ0n) is 11.2. The van der Waals surface area contributed by atoms with Crippen molar-refractivity contribution in [2.75, 3.05) is 6.54 Å². The van der Waals surface area contributed by atoms with Gasteiger partial charge in [-0.25, -0.2) is 0 Å². The molecule has 2 N–H and O–H groups in total. The van der Waals surface area contributed by atoms with E-state index >= 15 is 0 Å². The molecule has 1 aromatic carbocycles. The van der Waals surface area contributed by atoms with Gasteiger partial charge in [-0.05, 0) is 50.3 Å². The van der Waals surface area contributed by atoms with Crippen LogP contribution in [0.1, 0.15) is 31.7 Å². The van der Waals surface area contributed by atoms with Crippen LogP contribution >= 0.6 is 0 Å². The molecule has 0 heterocycles. The second-order valence-corrected chi connectivity index (χ2v) is 5.35. The summed E-state index contributed by atoms with van der Waals surface area (Å²) in [5.41, 5.74) is 1.18. The number of phenols is 1. The van der Waals surface area contributed by atoms with E-state index in [4.69, 9.17) is 5.11 Å². The SMILES string of the molecule is CC(CCc1ccc(O)cc1)N(CC(=O)O)C1CC1. The van der Waals surface area contributed by atoms with Crippen LogP contribution in [-0.4, -0.2) is 39.7 Å². The number of aryl methyl sites for hydroxylation is 1. The smallest absolute Gasteiger partial charge is 0.317 e. The van der Waals surface area contributed by atoms with Gasteiger partial charge in [-0.1, -0.05) is 12.1 Å². The summed E-state index contributed by atoms with van der Waals surface area (Å²) in [4.78, 5) is 13.0. The number of hydrogen-bond donors (Lipinski definition) is 2. The van der Waals surface area contributed by atoms with E-state index in [1.54, 1.807) is 12.1 Å². The molecule has 2 rings (SSSR count). The molecule has 4 nitrogen and oxygen atoms in total. The summed E-state index contributed by atoms with van der Waals surface area (Å²) in [7, 11) is 0. The molecule has 1 aliphatic carbocycles. The predicted octanol–water partition coefficient (Wildman–Crippen LogP) is 2.26. The molecule has 1 unspecified atom stereocenters. The highest BCUT2D eigenvalue weighted by molar-refractivity contribution is 5.69. The van der Waals surface area contributed by atoms with Crippen molar-refractivity contribution in [1.82, 2.24) is 4.90 Å². The van der Waals surface area contributed by atoms with Crippen molar-refractivity contribution in [3.63, 3.8) is 0 Å². The molecule has 0 aromatic heterocycles. The third-order valence-electron chi connectivity index (χ3n) is 3.69. The predicted molar refractivity (Wildman–Crippen MR) is 73.3 cm³/mol. The van der Waals surface area contributed by atoms with Gasteiger partial charge in [0.05, 0.1) is 6.54 Å². The molecule has 0 amide bonds. The van der Waals surface area contributed by atoms with Crippen LogP contribution in [0.25, 0.3) is 0 Å². The van der Waals surface area contributed by atoms with Gasteiger partial charge < -0.3 is 10.2 Å². The molecule has 19 heavy (non-hydrogen) atoms. The Bertz CT molecular complexity index is 426. The third-order valence-corrected chi connectivity index (χ3v) is 3.69. The molecule has 4 heteroatoms. The number of carboxylic acid groups (broad SMARTS) is 1. The lowest BCUT2D eigenvalue weighted by Gasteiger charge is -2.27. The molecule has 1 saturated carbocycles. The second-order valence-electron chi connectivity index (χ2n) is 5.35. The van der Waals surface area contributed by atoms with E-state index in [1.165, 1.54) is 5.56 Å². The van der Waals surface area contributed by atoms with Gasteiger partial charge in [0.1, 0.15) is 5.75 Å². The maximum absolute atomic E-state index is 10.9. The molecular formula is C15H21NO3. The number of carboxylic acids is 1. The van der Waals surface area contributed by atoms with Crippen molar-refractivity contribution >= 4 is 5.97 Å².